The monoisotopic (exact) mass is 336 g/mol. The van der Waals surface area contributed by atoms with Gasteiger partial charge in [0.15, 0.2) is 0 Å². The van der Waals surface area contributed by atoms with Crippen molar-refractivity contribution in [2.45, 2.75) is 37.6 Å². The summed E-state index contributed by atoms with van der Waals surface area (Å²) in [5.74, 6) is -1.10. The standard InChI is InChI=1S/C20H20N2O3/c23-18(24)12-20(9-3-4-10-20)22-19(25)17-11-15-14-6-2-1-5-13(14)7-8-16(15)21-17/h1-2,5-8,11,21H,3-4,9-10,12H2,(H,22,25)(H,23,24). The highest BCUT2D eigenvalue weighted by Gasteiger charge is 2.37. The third-order valence-electron chi connectivity index (χ3n) is 5.20. The summed E-state index contributed by atoms with van der Waals surface area (Å²) in [5.41, 5.74) is 0.757. The number of fused-ring (bicyclic) bond motifs is 3. The molecule has 0 spiro atoms. The number of rotatable bonds is 4. The number of nitrogens with one attached hydrogen (secondary N) is 2. The molecule has 0 saturated heterocycles. The lowest BCUT2D eigenvalue weighted by Gasteiger charge is -2.28. The second kappa shape index (κ2) is 5.92. The average Bonchev–Trinajstić information content (AvgIpc) is 3.21. The van der Waals surface area contributed by atoms with Crippen LogP contribution in [0.2, 0.25) is 0 Å². The van der Waals surface area contributed by atoms with Crippen LogP contribution in [0.5, 0.6) is 0 Å². The Morgan fingerprint density at radius 1 is 1.08 bits per heavy atom. The Hall–Kier alpha value is -2.82. The minimum absolute atomic E-state index is 0.0259. The molecule has 0 bridgehead atoms. The van der Waals surface area contributed by atoms with E-state index in [1.54, 1.807) is 0 Å². The summed E-state index contributed by atoms with van der Waals surface area (Å²) < 4.78 is 0. The largest absolute Gasteiger partial charge is 0.481 e. The maximum atomic E-state index is 12.8. The molecule has 0 aliphatic heterocycles. The number of aliphatic carboxylic acids is 1. The summed E-state index contributed by atoms with van der Waals surface area (Å²) >= 11 is 0. The summed E-state index contributed by atoms with van der Waals surface area (Å²) in [6, 6.07) is 13.9. The first kappa shape index (κ1) is 15.7. The molecule has 4 rings (SSSR count). The van der Waals surface area contributed by atoms with E-state index in [4.69, 9.17) is 0 Å². The lowest BCUT2D eigenvalue weighted by molar-refractivity contribution is -0.138. The molecular formula is C20H20N2O3. The zero-order valence-corrected chi connectivity index (χ0v) is 13.8. The van der Waals surface area contributed by atoms with Gasteiger partial charge in [0.25, 0.3) is 5.91 Å². The van der Waals surface area contributed by atoms with Gasteiger partial charge in [0.2, 0.25) is 0 Å². The Morgan fingerprint density at radius 2 is 1.84 bits per heavy atom. The van der Waals surface area contributed by atoms with Gasteiger partial charge in [-0.05, 0) is 35.7 Å². The van der Waals surface area contributed by atoms with E-state index < -0.39 is 11.5 Å². The van der Waals surface area contributed by atoms with E-state index in [1.807, 2.05) is 42.5 Å². The molecule has 5 heteroatoms. The molecule has 1 fully saturated rings. The summed E-state index contributed by atoms with van der Waals surface area (Å²) in [4.78, 5) is 27.1. The van der Waals surface area contributed by atoms with Gasteiger partial charge in [-0.3, -0.25) is 9.59 Å². The number of aromatic amines is 1. The Balaban J connectivity index is 1.68. The van der Waals surface area contributed by atoms with Crippen LogP contribution in [0, 0.1) is 0 Å². The molecule has 0 unspecified atom stereocenters. The lowest BCUT2D eigenvalue weighted by Crippen LogP contribution is -2.47. The molecule has 0 atom stereocenters. The van der Waals surface area contributed by atoms with E-state index in [0.29, 0.717) is 18.5 Å². The Bertz CT molecular complexity index is 967. The number of amides is 1. The second-order valence-electron chi connectivity index (χ2n) is 6.94. The first-order valence-corrected chi connectivity index (χ1v) is 8.61. The maximum Gasteiger partial charge on any atom is 0.305 e. The SMILES string of the molecule is O=C(O)CC1(NC(=O)c2cc3c(ccc4ccccc43)[nH]2)CCCC1. The quantitative estimate of drug-likeness (QED) is 0.677. The van der Waals surface area contributed by atoms with E-state index in [0.717, 1.165) is 34.5 Å². The number of carbonyl (C=O) groups excluding carboxylic acids is 1. The number of hydrogen-bond donors (Lipinski definition) is 3. The van der Waals surface area contributed by atoms with Gasteiger partial charge < -0.3 is 15.4 Å². The molecule has 25 heavy (non-hydrogen) atoms. The first-order chi connectivity index (χ1) is 12.1. The maximum absolute atomic E-state index is 12.8. The van der Waals surface area contributed by atoms with Crippen LogP contribution >= 0.6 is 0 Å². The highest BCUT2D eigenvalue weighted by molar-refractivity contribution is 6.09. The van der Waals surface area contributed by atoms with Crippen molar-refractivity contribution >= 4 is 33.6 Å². The summed E-state index contributed by atoms with van der Waals surface area (Å²) in [6.07, 6.45) is 3.31. The van der Waals surface area contributed by atoms with Gasteiger partial charge in [-0.15, -0.1) is 0 Å². The van der Waals surface area contributed by atoms with Crippen LogP contribution in [-0.4, -0.2) is 27.5 Å². The minimum atomic E-state index is -0.871. The van der Waals surface area contributed by atoms with Crippen molar-refractivity contribution in [2.75, 3.05) is 0 Å². The van der Waals surface area contributed by atoms with Gasteiger partial charge in [0, 0.05) is 10.9 Å². The van der Waals surface area contributed by atoms with E-state index in [-0.39, 0.29) is 12.3 Å². The van der Waals surface area contributed by atoms with Crippen molar-refractivity contribution in [3.8, 4) is 0 Å². The molecule has 1 aromatic heterocycles. The number of hydrogen-bond acceptors (Lipinski definition) is 2. The molecule has 3 aromatic rings. The van der Waals surface area contributed by atoms with Crippen LogP contribution in [0.15, 0.2) is 42.5 Å². The van der Waals surface area contributed by atoms with Crippen molar-refractivity contribution in [1.82, 2.24) is 10.3 Å². The normalized spacial score (nSPS) is 16.3. The lowest BCUT2D eigenvalue weighted by atomic mass is 9.93. The fraction of sp³-hybridized carbons (Fsp3) is 0.300. The first-order valence-electron chi connectivity index (χ1n) is 8.61. The highest BCUT2D eigenvalue weighted by atomic mass is 16.4. The van der Waals surface area contributed by atoms with Crippen molar-refractivity contribution in [3.63, 3.8) is 0 Å². The smallest absolute Gasteiger partial charge is 0.305 e. The van der Waals surface area contributed by atoms with Gasteiger partial charge in [-0.1, -0.05) is 43.2 Å². The number of H-pyrrole nitrogens is 1. The van der Waals surface area contributed by atoms with Crippen LogP contribution < -0.4 is 5.32 Å². The molecule has 1 saturated carbocycles. The molecule has 1 amide bonds. The van der Waals surface area contributed by atoms with Crippen LogP contribution in [0.25, 0.3) is 21.7 Å². The molecule has 3 N–H and O–H groups in total. The van der Waals surface area contributed by atoms with E-state index >= 15 is 0 Å². The average molecular weight is 336 g/mol. The number of carboxylic acids is 1. The van der Waals surface area contributed by atoms with Gasteiger partial charge in [0.05, 0.1) is 12.0 Å². The molecule has 5 nitrogen and oxygen atoms in total. The number of aromatic nitrogens is 1. The summed E-state index contributed by atoms with van der Waals surface area (Å²) in [6.45, 7) is 0. The van der Waals surface area contributed by atoms with Gasteiger partial charge in [-0.25, -0.2) is 0 Å². The van der Waals surface area contributed by atoms with Crippen LogP contribution in [0.3, 0.4) is 0 Å². The fourth-order valence-electron chi connectivity index (χ4n) is 4.00. The van der Waals surface area contributed by atoms with Gasteiger partial charge >= 0.3 is 5.97 Å². The minimum Gasteiger partial charge on any atom is -0.481 e. The van der Waals surface area contributed by atoms with Gasteiger partial charge in [-0.2, -0.15) is 0 Å². The zero-order chi connectivity index (χ0) is 17.4. The predicted octanol–water partition coefficient (Wildman–Crippen LogP) is 3.84. The van der Waals surface area contributed by atoms with Crippen LogP contribution in [0.1, 0.15) is 42.6 Å². The van der Waals surface area contributed by atoms with Crippen LogP contribution in [0.4, 0.5) is 0 Å². The molecule has 0 radical (unpaired) electrons. The molecule has 1 aliphatic carbocycles. The fourth-order valence-corrected chi connectivity index (χ4v) is 4.00. The highest BCUT2D eigenvalue weighted by Crippen LogP contribution is 2.33. The van der Waals surface area contributed by atoms with Crippen LogP contribution in [-0.2, 0) is 4.79 Å². The zero-order valence-electron chi connectivity index (χ0n) is 13.8. The van der Waals surface area contributed by atoms with E-state index in [9.17, 15) is 14.7 Å². The predicted molar refractivity (Wildman–Crippen MR) is 96.7 cm³/mol. The molecule has 2 aromatic carbocycles. The molecule has 1 aliphatic rings. The summed E-state index contributed by atoms with van der Waals surface area (Å²) in [5, 5.41) is 15.4. The van der Waals surface area contributed by atoms with E-state index in [1.165, 1.54) is 0 Å². The Labute approximate surface area is 145 Å². The Morgan fingerprint density at radius 3 is 2.60 bits per heavy atom. The summed E-state index contributed by atoms with van der Waals surface area (Å²) in [7, 11) is 0. The molecular weight excluding hydrogens is 316 g/mol. The third-order valence-corrected chi connectivity index (χ3v) is 5.20. The number of carboxylic acid groups (broad SMARTS) is 1. The van der Waals surface area contributed by atoms with Crippen molar-refractivity contribution in [2.24, 2.45) is 0 Å². The number of carbonyl (C=O) groups is 2. The van der Waals surface area contributed by atoms with Gasteiger partial charge in [0.1, 0.15) is 5.69 Å². The van der Waals surface area contributed by atoms with Crippen molar-refractivity contribution < 1.29 is 14.7 Å². The molecule has 128 valence electrons. The second-order valence-corrected chi connectivity index (χ2v) is 6.94. The Kier molecular flexibility index (Phi) is 3.71. The number of benzene rings is 2. The van der Waals surface area contributed by atoms with E-state index in [2.05, 4.69) is 10.3 Å². The van der Waals surface area contributed by atoms with Crippen molar-refractivity contribution in [3.05, 3.63) is 48.2 Å². The topological polar surface area (TPSA) is 82.2 Å². The third kappa shape index (κ3) is 2.86. The molecule has 1 heterocycles. The van der Waals surface area contributed by atoms with Crippen molar-refractivity contribution in [1.29, 1.82) is 0 Å².